The number of ether oxygens (including phenoxy) is 1. The normalized spacial score (nSPS) is 25.6. The maximum atomic E-state index is 10.4. The van der Waals surface area contributed by atoms with Crippen molar-refractivity contribution in [1.82, 2.24) is 10.2 Å². The van der Waals surface area contributed by atoms with Gasteiger partial charge in [0.15, 0.2) is 0 Å². The summed E-state index contributed by atoms with van der Waals surface area (Å²) < 4.78 is 5.65. The highest BCUT2D eigenvalue weighted by atomic mass is 35.5. The zero-order valence-corrected chi connectivity index (χ0v) is 18.5. The van der Waals surface area contributed by atoms with E-state index in [9.17, 15) is 20.4 Å². The highest BCUT2D eigenvalue weighted by Crippen LogP contribution is 2.34. The molecule has 1 aliphatic heterocycles. The third kappa shape index (κ3) is 5.13. The van der Waals surface area contributed by atoms with Gasteiger partial charge in [0.05, 0.1) is 12.3 Å². The summed E-state index contributed by atoms with van der Waals surface area (Å²) in [5, 5.41) is 49.8. The molecule has 1 saturated heterocycles. The number of hydrogen-bond acceptors (Lipinski definition) is 8. The van der Waals surface area contributed by atoms with Crippen LogP contribution >= 0.6 is 23.4 Å². The van der Waals surface area contributed by atoms with Gasteiger partial charge in [-0.15, -0.1) is 5.10 Å². The summed E-state index contributed by atoms with van der Waals surface area (Å²) in [6, 6.07) is 18.8. The summed E-state index contributed by atoms with van der Waals surface area (Å²) in [6.07, 6.45) is -5.68. The van der Waals surface area contributed by atoms with Crippen LogP contribution in [0.2, 0.25) is 5.02 Å². The topological polar surface area (TPSA) is 116 Å². The van der Waals surface area contributed by atoms with Gasteiger partial charge in [-0.25, -0.2) is 0 Å². The van der Waals surface area contributed by atoms with Crippen molar-refractivity contribution in [3.05, 3.63) is 82.5 Å². The first-order valence-electron chi connectivity index (χ1n) is 10.1. The van der Waals surface area contributed by atoms with E-state index in [4.69, 9.17) is 16.3 Å². The molecule has 0 unspecified atom stereocenters. The van der Waals surface area contributed by atoms with Gasteiger partial charge >= 0.3 is 0 Å². The molecule has 0 bridgehead atoms. The van der Waals surface area contributed by atoms with Crippen LogP contribution in [0.3, 0.4) is 0 Å². The second-order valence-corrected chi connectivity index (χ2v) is 9.06. The van der Waals surface area contributed by atoms with Gasteiger partial charge in [0.2, 0.25) is 0 Å². The fourth-order valence-electron chi connectivity index (χ4n) is 3.59. The van der Waals surface area contributed by atoms with Crippen LogP contribution in [-0.4, -0.2) is 61.6 Å². The molecule has 4 rings (SSSR count). The van der Waals surface area contributed by atoms with Crippen LogP contribution in [-0.2, 0) is 11.2 Å². The molecule has 1 aliphatic rings. The second kappa shape index (κ2) is 10.3. The number of hydrogen-bond donors (Lipinski definition) is 4. The Hall–Kier alpha value is -2.04. The Morgan fingerprint density at radius 1 is 0.906 bits per heavy atom. The Morgan fingerprint density at radius 2 is 1.69 bits per heavy atom. The maximum Gasteiger partial charge on any atom is 0.124 e. The van der Waals surface area contributed by atoms with Crippen LogP contribution in [0.15, 0.2) is 70.6 Å². The van der Waals surface area contributed by atoms with Gasteiger partial charge in [-0.2, -0.15) is 5.10 Å². The van der Waals surface area contributed by atoms with E-state index < -0.39 is 37.1 Å². The highest BCUT2D eigenvalue weighted by Gasteiger charge is 2.44. The average Bonchev–Trinajstić information content (AvgIpc) is 2.81. The average molecular weight is 475 g/mol. The third-order valence-electron chi connectivity index (χ3n) is 5.32. The fourth-order valence-corrected chi connectivity index (χ4v) is 4.52. The number of halogens is 1. The first-order chi connectivity index (χ1) is 15.5. The van der Waals surface area contributed by atoms with Crippen molar-refractivity contribution in [2.24, 2.45) is 0 Å². The number of benzene rings is 2. The van der Waals surface area contributed by atoms with Crippen LogP contribution in [0.5, 0.6) is 0 Å². The monoisotopic (exact) mass is 474 g/mol. The molecule has 2 heterocycles. The second-order valence-electron chi connectivity index (χ2n) is 7.56. The van der Waals surface area contributed by atoms with Crippen molar-refractivity contribution in [1.29, 1.82) is 0 Å². The minimum Gasteiger partial charge on any atom is -0.394 e. The molecular weight excluding hydrogens is 452 g/mol. The summed E-state index contributed by atoms with van der Waals surface area (Å²) in [5.41, 5.74) is 2.04. The molecule has 0 saturated carbocycles. The smallest absolute Gasteiger partial charge is 0.124 e. The van der Waals surface area contributed by atoms with Crippen LogP contribution < -0.4 is 0 Å². The van der Waals surface area contributed by atoms with Gasteiger partial charge in [0.25, 0.3) is 0 Å². The number of nitrogens with zero attached hydrogens (tertiary/aromatic N) is 2. The molecule has 7 nitrogen and oxygen atoms in total. The number of rotatable bonds is 6. The van der Waals surface area contributed by atoms with Crippen molar-refractivity contribution in [3.63, 3.8) is 0 Å². The molecule has 0 amide bonds. The molecule has 9 heteroatoms. The van der Waals surface area contributed by atoms with Crippen LogP contribution in [0.4, 0.5) is 0 Å². The molecular formula is C23H23ClN2O5S. The predicted molar refractivity (Wildman–Crippen MR) is 120 cm³/mol. The van der Waals surface area contributed by atoms with E-state index in [1.165, 1.54) is 11.8 Å². The summed E-state index contributed by atoms with van der Waals surface area (Å²) in [4.78, 5) is 1.07. The molecule has 0 aliphatic carbocycles. The Kier molecular flexibility index (Phi) is 7.42. The zero-order chi connectivity index (χ0) is 22.7. The van der Waals surface area contributed by atoms with Gasteiger partial charge in [-0.05, 0) is 41.5 Å². The molecule has 3 aromatic rings. The van der Waals surface area contributed by atoms with E-state index >= 15 is 0 Å². The van der Waals surface area contributed by atoms with Crippen molar-refractivity contribution in [2.75, 3.05) is 6.61 Å². The lowest BCUT2D eigenvalue weighted by Crippen LogP contribution is -2.55. The first-order valence-corrected chi connectivity index (χ1v) is 11.3. The van der Waals surface area contributed by atoms with Crippen molar-refractivity contribution in [3.8, 4) is 0 Å². The molecule has 0 spiro atoms. The Balaban J connectivity index is 1.50. The minimum atomic E-state index is -1.44. The summed E-state index contributed by atoms with van der Waals surface area (Å²) in [5.74, 6) is 0. The van der Waals surface area contributed by atoms with Gasteiger partial charge in [-0.3, -0.25) is 0 Å². The van der Waals surface area contributed by atoms with Crippen molar-refractivity contribution >= 4 is 23.4 Å². The first kappa shape index (κ1) is 23.1. The molecule has 2 aromatic carbocycles. The largest absolute Gasteiger partial charge is 0.394 e. The summed E-state index contributed by atoms with van der Waals surface area (Å²) in [6.45, 7) is -0.481. The molecule has 0 radical (unpaired) electrons. The van der Waals surface area contributed by atoms with Crippen LogP contribution in [0, 0.1) is 0 Å². The molecule has 168 valence electrons. The lowest BCUT2D eigenvalue weighted by Gasteiger charge is -2.40. The minimum absolute atomic E-state index is 0.410. The zero-order valence-electron chi connectivity index (χ0n) is 17.0. The summed E-state index contributed by atoms with van der Waals surface area (Å²) in [7, 11) is 0. The Labute approximate surface area is 194 Å². The lowest BCUT2D eigenvalue weighted by atomic mass is 9.90. The fraction of sp³-hybridized carbons (Fsp3) is 0.304. The lowest BCUT2D eigenvalue weighted by molar-refractivity contribution is -0.231. The number of aliphatic hydroxyl groups is 4. The standard InChI is InChI=1S/C23H23ClN2O5S/c24-17-8-6-13(23-22(30)21(29)20(28)18(12-27)31-23)10-14(17)11-15-7-9-19(26-25-15)32-16-4-2-1-3-5-16/h1-10,18,20-23,27-30H,11-12H2/t18-,20-,21+,22-,23+/m1/s1. The quantitative estimate of drug-likeness (QED) is 0.430. The molecule has 4 N–H and O–H groups in total. The number of aliphatic hydroxyl groups excluding tert-OH is 4. The van der Waals surface area contributed by atoms with E-state index in [2.05, 4.69) is 10.2 Å². The van der Waals surface area contributed by atoms with Gasteiger partial charge in [0, 0.05) is 16.3 Å². The van der Waals surface area contributed by atoms with Crippen LogP contribution in [0.1, 0.15) is 22.9 Å². The van der Waals surface area contributed by atoms with E-state index in [1.54, 1.807) is 18.2 Å². The Morgan fingerprint density at radius 3 is 2.38 bits per heavy atom. The highest BCUT2D eigenvalue weighted by molar-refractivity contribution is 7.99. The predicted octanol–water partition coefficient (Wildman–Crippen LogP) is 2.39. The molecule has 32 heavy (non-hydrogen) atoms. The van der Waals surface area contributed by atoms with E-state index in [0.717, 1.165) is 21.2 Å². The SMILES string of the molecule is OC[C@H]1O[C@@H](c2ccc(Cl)c(Cc3ccc(Sc4ccccc4)nn3)c2)[C@H](O)[C@@H](O)[C@@H]1O. The van der Waals surface area contributed by atoms with Gasteiger partial charge in [0.1, 0.15) is 35.5 Å². The van der Waals surface area contributed by atoms with Crippen LogP contribution in [0.25, 0.3) is 0 Å². The molecule has 5 atom stereocenters. The molecule has 1 aromatic heterocycles. The molecule has 1 fully saturated rings. The van der Waals surface area contributed by atoms with Crippen molar-refractivity contribution in [2.45, 2.75) is 46.9 Å². The van der Waals surface area contributed by atoms with E-state index in [0.29, 0.717) is 17.0 Å². The van der Waals surface area contributed by atoms with E-state index in [1.807, 2.05) is 42.5 Å². The van der Waals surface area contributed by atoms with E-state index in [-0.39, 0.29) is 0 Å². The van der Waals surface area contributed by atoms with Crippen molar-refractivity contribution < 1.29 is 25.2 Å². The third-order valence-corrected chi connectivity index (χ3v) is 6.63. The number of aromatic nitrogens is 2. The Bertz CT molecular complexity index is 1040. The summed E-state index contributed by atoms with van der Waals surface area (Å²) >= 11 is 7.90. The van der Waals surface area contributed by atoms with Gasteiger partial charge < -0.3 is 25.2 Å². The van der Waals surface area contributed by atoms with Gasteiger partial charge in [-0.1, -0.05) is 53.7 Å². The maximum absolute atomic E-state index is 10.4.